The Morgan fingerprint density at radius 1 is 0.942 bits per heavy atom. The predicted octanol–water partition coefficient (Wildman–Crippen LogP) is 10.6. The van der Waals surface area contributed by atoms with Crippen molar-refractivity contribution in [2.75, 3.05) is 25.1 Å². The molecule has 4 atom stereocenters. The van der Waals surface area contributed by atoms with Crippen molar-refractivity contribution in [2.24, 2.45) is 0 Å². The smallest absolute Gasteiger partial charge is 0.323 e. The van der Waals surface area contributed by atoms with E-state index < -0.39 is 20.8 Å². The average Bonchev–Trinajstić information content (AvgIpc) is 3.64. The summed E-state index contributed by atoms with van der Waals surface area (Å²) in [4.78, 5) is 26.6. The number of nitrogens with zero attached hydrogens (tertiary/aromatic N) is 4. The van der Waals surface area contributed by atoms with Gasteiger partial charge in [0.2, 0.25) is 11.8 Å². The zero-order valence-electron chi connectivity index (χ0n) is 34.5. The number of ether oxygens (including phenoxy) is 3. The summed E-state index contributed by atoms with van der Waals surface area (Å²) < 4.78 is 32.2. The van der Waals surface area contributed by atoms with Crippen LogP contribution in [-0.2, 0) is 18.8 Å². The van der Waals surface area contributed by atoms with Gasteiger partial charge < -0.3 is 28.6 Å². The molecule has 4 rings (SSSR count). The molecular weight excluding hydrogens is 679 g/mol. The number of aromatic nitrogens is 4. The van der Waals surface area contributed by atoms with Gasteiger partial charge in [-0.05, 0) is 71.4 Å². The predicted molar refractivity (Wildman–Crippen MR) is 216 cm³/mol. The first-order valence-corrected chi connectivity index (χ1v) is 21.0. The molecule has 13 heteroatoms. The van der Waals surface area contributed by atoms with E-state index in [1.807, 2.05) is 111 Å². The highest BCUT2D eigenvalue weighted by Gasteiger charge is 2.27. The standard InChI is InChI=1S/C31H47N6O6P.4C2H6/c1-6-19-32-31-34-28-27(29(35-31)39-8-3)33-21-37(28)23(5)41-24(7-2)20-40-44(43-26-17-13-10-14-18-26)36-22(4)30(38)42-25-15-11-9-12-16-25;4*1-2/h10,13-14,17-18,21-25,36H,6-9,11-12,15-16,19-20H2,1-5H3,(H,32,34,35);4*1-2H3. The van der Waals surface area contributed by atoms with E-state index >= 15 is 0 Å². The van der Waals surface area contributed by atoms with E-state index in [1.165, 1.54) is 6.42 Å². The summed E-state index contributed by atoms with van der Waals surface area (Å²) in [7, 11) is -1.68. The van der Waals surface area contributed by atoms with Crippen molar-refractivity contribution in [3.05, 3.63) is 36.7 Å². The Morgan fingerprint density at radius 2 is 1.60 bits per heavy atom. The molecule has 1 aliphatic rings. The summed E-state index contributed by atoms with van der Waals surface area (Å²) in [5.41, 5.74) is 1.19. The van der Waals surface area contributed by atoms with E-state index in [1.54, 1.807) is 13.3 Å². The van der Waals surface area contributed by atoms with Crippen molar-refractivity contribution in [1.82, 2.24) is 24.6 Å². The minimum Gasteiger partial charge on any atom is -0.476 e. The molecule has 298 valence electrons. The van der Waals surface area contributed by atoms with Crippen LogP contribution < -0.4 is 19.7 Å². The lowest BCUT2D eigenvalue weighted by Gasteiger charge is -2.27. The highest BCUT2D eigenvalue weighted by atomic mass is 31.2. The van der Waals surface area contributed by atoms with Gasteiger partial charge in [0.1, 0.15) is 24.1 Å². The van der Waals surface area contributed by atoms with E-state index in [2.05, 4.69) is 27.3 Å². The molecule has 0 aliphatic heterocycles. The number of anilines is 1. The Labute approximate surface area is 316 Å². The molecule has 12 nitrogen and oxygen atoms in total. The van der Waals surface area contributed by atoms with E-state index in [4.69, 9.17) is 28.2 Å². The van der Waals surface area contributed by atoms with Crippen LogP contribution in [-0.4, -0.2) is 63.5 Å². The molecule has 1 fully saturated rings. The van der Waals surface area contributed by atoms with Crippen molar-refractivity contribution in [2.45, 2.75) is 159 Å². The Hall–Kier alpha value is -3.05. The van der Waals surface area contributed by atoms with Crippen molar-refractivity contribution in [3.8, 4) is 11.6 Å². The molecule has 2 N–H and O–H groups in total. The normalized spacial score (nSPS) is 14.6. The SMILES string of the molecule is CC.CC.CC.CC.CCCNc1nc(OCC)c2ncn(C(C)OC(CC)COP(NC(C)C(=O)OC3CCCCC3)Oc3ccccc3)c2n1. The second-order valence-corrected chi connectivity index (χ2v) is 12.0. The van der Waals surface area contributed by atoms with Gasteiger partial charge in [0.25, 0.3) is 0 Å². The summed E-state index contributed by atoms with van der Waals surface area (Å²) in [5.74, 6) is 1.26. The number of esters is 1. The van der Waals surface area contributed by atoms with Gasteiger partial charge in [0, 0.05) is 6.54 Å². The fraction of sp³-hybridized carbons (Fsp3) is 0.692. The minimum absolute atomic E-state index is 0.0188. The number of carbonyl (C=O) groups excluding carboxylic acids is 1. The molecule has 1 aliphatic carbocycles. The van der Waals surface area contributed by atoms with Gasteiger partial charge in [0.05, 0.1) is 25.6 Å². The summed E-state index contributed by atoms with van der Waals surface area (Å²) >= 11 is 0. The van der Waals surface area contributed by atoms with E-state index in [-0.39, 0.29) is 24.8 Å². The van der Waals surface area contributed by atoms with Gasteiger partial charge in [-0.15, -0.1) is 0 Å². The average molecular weight is 751 g/mol. The van der Waals surface area contributed by atoms with E-state index in [0.717, 1.165) is 38.6 Å². The molecule has 52 heavy (non-hydrogen) atoms. The molecule has 2 heterocycles. The van der Waals surface area contributed by atoms with Crippen LogP contribution in [0.4, 0.5) is 5.95 Å². The molecule has 2 aromatic heterocycles. The molecule has 0 bridgehead atoms. The number of carbonyl (C=O) groups is 1. The monoisotopic (exact) mass is 751 g/mol. The third-order valence-electron chi connectivity index (χ3n) is 7.24. The van der Waals surface area contributed by atoms with Crippen LogP contribution in [0.25, 0.3) is 11.2 Å². The number of para-hydroxylation sites is 1. The first-order valence-electron chi connectivity index (χ1n) is 19.8. The summed E-state index contributed by atoms with van der Waals surface area (Å²) in [6.45, 7) is 27.2. The quantitative estimate of drug-likeness (QED) is 0.0951. The van der Waals surface area contributed by atoms with Gasteiger partial charge in [-0.3, -0.25) is 9.36 Å². The van der Waals surface area contributed by atoms with Crippen molar-refractivity contribution >= 4 is 31.6 Å². The lowest BCUT2D eigenvalue weighted by atomic mass is 9.98. The van der Waals surface area contributed by atoms with Crippen LogP contribution in [0.5, 0.6) is 11.6 Å². The minimum atomic E-state index is -1.68. The third kappa shape index (κ3) is 17.2. The van der Waals surface area contributed by atoms with Crippen LogP contribution in [0.2, 0.25) is 0 Å². The van der Waals surface area contributed by atoms with Gasteiger partial charge in [0.15, 0.2) is 11.2 Å². The molecule has 0 saturated heterocycles. The zero-order valence-corrected chi connectivity index (χ0v) is 35.4. The van der Waals surface area contributed by atoms with E-state index in [9.17, 15) is 4.79 Å². The topological polar surface area (TPSA) is 131 Å². The maximum absolute atomic E-state index is 12.9. The Balaban J connectivity index is 0.00000304. The van der Waals surface area contributed by atoms with Crippen molar-refractivity contribution in [1.29, 1.82) is 0 Å². The highest BCUT2D eigenvalue weighted by molar-refractivity contribution is 7.45. The fourth-order valence-corrected chi connectivity index (χ4v) is 6.00. The third-order valence-corrected chi connectivity index (χ3v) is 8.60. The second kappa shape index (κ2) is 30.4. The number of hydrogen-bond acceptors (Lipinski definition) is 11. The number of nitrogens with one attached hydrogen (secondary N) is 2. The summed E-state index contributed by atoms with van der Waals surface area (Å²) in [6, 6.07) is 8.81. The molecule has 1 aromatic carbocycles. The van der Waals surface area contributed by atoms with Crippen LogP contribution >= 0.6 is 8.53 Å². The molecule has 1 saturated carbocycles. The van der Waals surface area contributed by atoms with Gasteiger partial charge in [-0.25, -0.2) is 10.1 Å². The van der Waals surface area contributed by atoms with Gasteiger partial charge >= 0.3 is 14.5 Å². The van der Waals surface area contributed by atoms with Crippen LogP contribution in [0.15, 0.2) is 36.7 Å². The number of imidazole rings is 1. The first kappa shape index (κ1) is 49.0. The molecule has 0 radical (unpaired) electrons. The Bertz CT molecular complexity index is 1300. The van der Waals surface area contributed by atoms with Gasteiger partial charge in [-0.2, -0.15) is 9.97 Å². The first-order chi connectivity index (χ1) is 25.4. The fourth-order valence-electron chi connectivity index (χ4n) is 4.79. The largest absolute Gasteiger partial charge is 0.476 e. The Morgan fingerprint density at radius 3 is 2.19 bits per heavy atom. The van der Waals surface area contributed by atoms with E-state index in [0.29, 0.717) is 41.8 Å². The van der Waals surface area contributed by atoms with Crippen LogP contribution in [0.1, 0.15) is 141 Å². The lowest BCUT2D eigenvalue weighted by molar-refractivity contribution is -0.152. The van der Waals surface area contributed by atoms with Crippen LogP contribution in [0.3, 0.4) is 0 Å². The summed E-state index contributed by atoms with van der Waals surface area (Å²) in [6.07, 6.45) is 7.83. The number of benzene rings is 1. The highest BCUT2D eigenvalue weighted by Crippen LogP contribution is 2.37. The van der Waals surface area contributed by atoms with Crippen LogP contribution in [0, 0.1) is 0 Å². The lowest BCUT2D eigenvalue weighted by Crippen LogP contribution is -2.36. The Kier molecular flexibility index (Phi) is 28.6. The number of hydrogen-bond donors (Lipinski definition) is 2. The van der Waals surface area contributed by atoms with Crippen molar-refractivity contribution < 1.29 is 28.1 Å². The van der Waals surface area contributed by atoms with Gasteiger partial charge in [-0.1, -0.05) is 93.9 Å². The number of fused-ring (bicyclic) bond motifs is 1. The second-order valence-electron chi connectivity index (χ2n) is 10.8. The molecule has 0 spiro atoms. The maximum Gasteiger partial charge on any atom is 0.323 e. The number of rotatable bonds is 18. The molecule has 0 amide bonds. The molecule has 3 aromatic rings. The summed E-state index contributed by atoms with van der Waals surface area (Å²) in [5, 5.41) is 6.45. The zero-order chi connectivity index (χ0) is 39.3. The molecule has 4 unspecified atom stereocenters. The maximum atomic E-state index is 12.9. The van der Waals surface area contributed by atoms with Crippen molar-refractivity contribution in [3.63, 3.8) is 0 Å². The molecular formula is C39H71N6O6P.